The summed E-state index contributed by atoms with van der Waals surface area (Å²) in [6, 6.07) is 29.5. The van der Waals surface area contributed by atoms with E-state index in [0.29, 0.717) is 0 Å². The Balaban J connectivity index is 1.89. The predicted molar refractivity (Wildman–Crippen MR) is 128 cm³/mol. The summed E-state index contributed by atoms with van der Waals surface area (Å²) in [4.78, 5) is 4.73. The Kier molecular flexibility index (Phi) is 4.22. The normalized spacial score (nSPS) is 11.4. The first-order chi connectivity index (χ1) is 15.7. The van der Waals surface area contributed by atoms with Gasteiger partial charge in [-0.15, -0.1) is 0 Å². The summed E-state index contributed by atoms with van der Waals surface area (Å²) in [7, 11) is 0. The van der Waals surface area contributed by atoms with E-state index in [1.165, 1.54) is 24.3 Å². The first-order valence-electron chi connectivity index (χ1n) is 10.4. The lowest BCUT2D eigenvalue weighted by Gasteiger charge is -2.19. The fourth-order valence-corrected chi connectivity index (χ4v) is 4.64. The lowest BCUT2D eigenvalue weighted by Crippen LogP contribution is -1.93. The molecule has 0 aliphatic carbocycles. The molecule has 6 aromatic rings. The standard InChI is InChI=1S/C29H17F2N/c30-20-13-9-18(10-14-20)27-22-5-1-2-6-23(22)28(19-11-15-21(31)16-12-19)29-24-7-3-4-8-26(24)32-17-25(27)29/h1-17H. The number of halogens is 2. The van der Waals surface area contributed by atoms with E-state index >= 15 is 0 Å². The highest BCUT2D eigenvalue weighted by molar-refractivity contribution is 6.27. The van der Waals surface area contributed by atoms with Gasteiger partial charge >= 0.3 is 0 Å². The van der Waals surface area contributed by atoms with Gasteiger partial charge in [0.25, 0.3) is 0 Å². The molecule has 32 heavy (non-hydrogen) atoms. The molecule has 1 nitrogen and oxygen atoms in total. The maximum Gasteiger partial charge on any atom is 0.123 e. The highest BCUT2D eigenvalue weighted by Crippen LogP contribution is 2.45. The molecule has 0 saturated heterocycles. The lowest BCUT2D eigenvalue weighted by molar-refractivity contribution is 0.627. The van der Waals surface area contributed by atoms with Crippen molar-refractivity contribution in [1.29, 1.82) is 0 Å². The topological polar surface area (TPSA) is 12.9 Å². The van der Waals surface area contributed by atoms with E-state index < -0.39 is 0 Å². The van der Waals surface area contributed by atoms with Gasteiger partial charge in [0.15, 0.2) is 0 Å². The molecule has 6 rings (SSSR count). The van der Waals surface area contributed by atoms with Crippen molar-refractivity contribution < 1.29 is 8.78 Å². The minimum absolute atomic E-state index is 0.267. The van der Waals surface area contributed by atoms with Crippen molar-refractivity contribution in [3.8, 4) is 22.3 Å². The molecule has 1 heterocycles. The van der Waals surface area contributed by atoms with E-state index in [4.69, 9.17) is 4.98 Å². The molecule has 0 unspecified atom stereocenters. The van der Waals surface area contributed by atoms with Crippen molar-refractivity contribution in [3.05, 3.63) is 115 Å². The van der Waals surface area contributed by atoms with Crippen molar-refractivity contribution in [1.82, 2.24) is 4.98 Å². The predicted octanol–water partition coefficient (Wildman–Crippen LogP) is 8.15. The molecular formula is C29H17F2N. The third-order valence-electron chi connectivity index (χ3n) is 6.03. The number of fused-ring (bicyclic) bond motifs is 4. The zero-order valence-corrected chi connectivity index (χ0v) is 17.0. The Morgan fingerprint density at radius 1 is 0.469 bits per heavy atom. The second-order valence-corrected chi connectivity index (χ2v) is 7.87. The molecule has 3 heteroatoms. The van der Waals surface area contributed by atoms with E-state index in [1.807, 2.05) is 60.8 Å². The molecule has 0 bridgehead atoms. The second kappa shape index (κ2) is 7.24. The molecule has 0 fully saturated rings. The van der Waals surface area contributed by atoms with Gasteiger partial charge in [0.1, 0.15) is 11.6 Å². The lowest BCUT2D eigenvalue weighted by atomic mass is 9.85. The SMILES string of the molecule is Fc1ccc(-c2c3ccccc3c(-c3ccc(F)cc3)c3c2cnc2ccccc23)cc1. The molecule has 0 aliphatic heterocycles. The third kappa shape index (κ3) is 2.86. The number of nitrogens with zero attached hydrogens (tertiary/aromatic N) is 1. The van der Waals surface area contributed by atoms with Gasteiger partial charge in [-0.2, -0.15) is 0 Å². The summed E-state index contributed by atoms with van der Waals surface area (Å²) in [6.07, 6.45) is 1.90. The monoisotopic (exact) mass is 417 g/mol. The van der Waals surface area contributed by atoms with Crippen LogP contribution in [0.5, 0.6) is 0 Å². The van der Waals surface area contributed by atoms with Crippen LogP contribution in [0.25, 0.3) is 54.7 Å². The Morgan fingerprint density at radius 3 is 1.59 bits per heavy atom. The van der Waals surface area contributed by atoms with Crippen LogP contribution in [0.15, 0.2) is 103 Å². The van der Waals surface area contributed by atoms with E-state index in [-0.39, 0.29) is 11.6 Å². The molecule has 152 valence electrons. The van der Waals surface area contributed by atoms with Crippen molar-refractivity contribution in [2.24, 2.45) is 0 Å². The Labute approximate surface area is 183 Å². The highest BCUT2D eigenvalue weighted by Gasteiger charge is 2.19. The van der Waals surface area contributed by atoms with Gasteiger partial charge < -0.3 is 0 Å². The molecular weight excluding hydrogens is 400 g/mol. The minimum atomic E-state index is -0.270. The van der Waals surface area contributed by atoms with E-state index in [9.17, 15) is 8.78 Å². The van der Waals surface area contributed by atoms with Gasteiger partial charge in [-0.1, -0.05) is 66.7 Å². The van der Waals surface area contributed by atoms with Crippen LogP contribution in [0.3, 0.4) is 0 Å². The smallest absolute Gasteiger partial charge is 0.123 e. The van der Waals surface area contributed by atoms with Gasteiger partial charge in [0.05, 0.1) is 5.52 Å². The van der Waals surface area contributed by atoms with Crippen LogP contribution >= 0.6 is 0 Å². The zero-order valence-electron chi connectivity index (χ0n) is 17.0. The molecule has 0 amide bonds. The number of rotatable bonds is 2. The number of benzene rings is 5. The summed E-state index contributed by atoms with van der Waals surface area (Å²) in [5.41, 5.74) is 4.81. The molecule has 0 radical (unpaired) electrons. The van der Waals surface area contributed by atoms with Gasteiger partial charge in [-0.05, 0) is 63.4 Å². The van der Waals surface area contributed by atoms with Crippen molar-refractivity contribution >= 4 is 32.4 Å². The van der Waals surface area contributed by atoms with Crippen LogP contribution in [0.4, 0.5) is 8.78 Å². The summed E-state index contributed by atoms with van der Waals surface area (Å²) in [6.45, 7) is 0. The third-order valence-corrected chi connectivity index (χ3v) is 6.03. The summed E-state index contributed by atoms with van der Waals surface area (Å²) in [5.74, 6) is -0.536. The van der Waals surface area contributed by atoms with Gasteiger partial charge in [0, 0.05) is 22.4 Å². The van der Waals surface area contributed by atoms with E-state index in [0.717, 1.165) is 54.7 Å². The molecule has 0 N–H and O–H groups in total. The van der Waals surface area contributed by atoms with Crippen molar-refractivity contribution in [2.75, 3.05) is 0 Å². The van der Waals surface area contributed by atoms with Gasteiger partial charge in [0.2, 0.25) is 0 Å². The Morgan fingerprint density at radius 2 is 0.969 bits per heavy atom. The van der Waals surface area contributed by atoms with Crippen LogP contribution in [0.1, 0.15) is 0 Å². The van der Waals surface area contributed by atoms with Crippen LogP contribution in [0, 0.1) is 11.6 Å². The highest BCUT2D eigenvalue weighted by atomic mass is 19.1. The number of hydrogen-bond donors (Lipinski definition) is 0. The first kappa shape index (κ1) is 18.6. The molecule has 0 spiro atoms. The molecule has 0 atom stereocenters. The zero-order chi connectivity index (χ0) is 21.7. The summed E-state index contributed by atoms with van der Waals surface area (Å²) in [5, 5.41) is 5.16. The number of hydrogen-bond acceptors (Lipinski definition) is 1. The van der Waals surface area contributed by atoms with E-state index in [2.05, 4.69) is 18.2 Å². The molecule has 0 aliphatic rings. The van der Waals surface area contributed by atoms with Crippen molar-refractivity contribution in [2.45, 2.75) is 0 Å². The average molecular weight is 417 g/mol. The summed E-state index contributed by atoms with van der Waals surface area (Å²) < 4.78 is 27.5. The maximum atomic E-state index is 13.8. The Bertz CT molecular complexity index is 1620. The number of aromatic nitrogens is 1. The quantitative estimate of drug-likeness (QED) is 0.205. The first-order valence-corrected chi connectivity index (χ1v) is 10.4. The largest absolute Gasteiger partial charge is 0.256 e. The van der Waals surface area contributed by atoms with Crippen molar-refractivity contribution in [3.63, 3.8) is 0 Å². The van der Waals surface area contributed by atoms with Gasteiger partial charge in [-0.25, -0.2) is 8.78 Å². The fourth-order valence-electron chi connectivity index (χ4n) is 4.64. The van der Waals surface area contributed by atoms with Crippen LogP contribution < -0.4 is 0 Å². The molecule has 1 aromatic heterocycles. The average Bonchev–Trinajstić information content (AvgIpc) is 2.84. The number of pyridine rings is 1. The van der Waals surface area contributed by atoms with Gasteiger partial charge in [-0.3, -0.25) is 4.98 Å². The molecule has 0 saturated carbocycles. The number of para-hydroxylation sites is 1. The fraction of sp³-hybridized carbons (Fsp3) is 0. The second-order valence-electron chi connectivity index (χ2n) is 7.87. The van der Waals surface area contributed by atoms with Crippen LogP contribution in [-0.2, 0) is 0 Å². The Hall–Kier alpha value is -4.11. The summed E-state index contributed by atoms with van der Waals surface area (Å²) >= 11 is 0. The van der Waals surface area contributed by atoms with Crippen LogP contribution in [-0.4, -0.2) is 4.98 Å². The molecule has 5 aromatic carbocycles. The van der Waals surface area contributed by atoms with E-state index in [1.54, 1.807) is 0 Å². The van der Waals surface area contributed by atoms with Crippen LogP contribution in [0.2, 0.25) is 0 Å². The maximum absolute atomic E-state index is 13.8. The minimum Gasteiger partial charge on any atom is -0.256 e.